The summed E-state index contributed by atoms with van der Waals surface area (Å²) in [6, 6.07) is 2.30. The van der Waals surface area contributed by atoms with Crippen molar-refractivity contribution in [3.05, 3.63) is 0 Å². The van der Waals surface area contributed by atoms with E-state index in [9.17, 15) is 0 Å². The van der Waals surface area contributed by atoms with Gasteiger partial charge in [0.1, 0.15) is 0 Å². The SMILES string of the molecule is CC[C@]1(C#N)CCOC1. The number of rotatable bonds is 1. The summed E-state index contributed by atoms with van der Waals surface area (Å²) in [6.07, 6.45) is 1.84. The number of hydrogen-bond acceptors (Lipinski definition) is 2. The van der Waals surface area contributed by atoms with Crippen molar-refractivity contribution >= 4 is 0 Å². The van der Waals surface area contributed by atoms with Crippen LogP contribution in [0.4, 0.5) is 0 Å². The molecule has 1 atom stereocenters. The minimum absolute atomic E-state index is 0.139. The fourth-order valence-corrected chi connectivity index (χ4v) is 1.05. The molecule has 1 heterocycles. The Kier molecular flexibility index (Phi) is 1.73. The zero-order valence-corrected chi connectivity index (χ0v) is 5.68. The van der Waals surface area contributed by atoms with Gasteiger partial charge in [-0.1, -0.05) is 6.92 Å². The van der Waals surface area contributed by atoms with Gasteiger partial charge >= 0.3 is 0 Å². The molecular weight excluding hydrogens is 114 g/mol. The smallest absolute Gasteiger partial charge is 0.0826 e. The first-order chi connectivity index (χ1) is 4.33. The monoisotopic (exact) mass is 125 g/mol. The van der Waals surface area contributed by atoms with Gasteiger partial charge in [-0.15, -0.1) is 0 Å². The maximum absolute atomic E-state index is 8.69. The highest BCUT2D eigenvalue weighted by Gasteiger charge is 2.32. The van der Waals surface area contributed by atoms with Crippen LogP contribution in [0.15, 0.2) is 0 Å². The van der Waals surface area contributed by atoms with Gasteiger partial charge in [-0.3, -0.25) is 0 Å². The molecule has 0 N–H and O–H groups in total. The second kappa shape index (κ2) is 2.36. The van der Waals surface area contributed by atoms with Crippen molar-refractivity contribution < 1.29 is 4.74 Å². The Labute approximate surface area is 55.4 Å². The van der Waals surface area contributed by atoms with Crippen molar-refractivity contribution in [3.8, 4) is 6.07 Å². The van der Waals surface area contributed by atoms with Crippen molar-refractivity contribution in [3.63, 3.8) is 0 Å². The van der Waals surface area contributed by atoms with Crippen LogP contribution in [0.25, 0.3) is 0 Å². The summed E-state index contributed by atoms with van der Waals surface area (Å²) >= 11 is 0. The first-order valence-corrected chi connectivity index (χ1v) is 3.32. The summed E-state index contributed by atoms with van der Waals surface area (Å²) < 4.78 is 5.12. The third-order valence-corrected chi connectivity index (χ3v) is 2.02. The summed E-state index contributed by atoms with van der Waals surface area (Å²) in [5, 5.41) is 8.69. The molecule has 0 saturated carbocycles. The Bertz CT molecular complexity index is 130. The standard InChI is InChI=1S/C7H11NO/c1-2-7(5-8)3-4-9-6-7/h2-4,6H2,1H3/t7-/m1/s1. The van der Waals surface area contributed by atoms with Crippen molar-refractivity contribution in [1.29, 1.82) is 5.26 Å². The van der Waals surface area contributed by atoms with Gasteiger partial charge < -0.3 is 4.74 Å². The average Bonchev–Trinajstić information content (AvgIpc) is 2.36. The van der Waals surface area contributed by atoms with E-state index in [2.05, 4.69) is 6.07 Å². The van der Waals surface area contributed by atoms with Gasteiger partial charge in [-0.05, 0) is 12.8 Å². The van der Waals surface area contributed by atoms with E-state index in [0.717, 1.165) is 19.4 Å². The average molecular weight is 125 g/mol. The maximum Gasteiger partial charge on any atom is 0.0826 e. The first kappa shape index (κ1) is 6.57. The molecule has 9 heavy (non-hydrogen) atoms. The first-order valence-electron chi connectivity index (χ1n) is 3.32. The van der Waals surface area contributed by atoms with Crippen LogP contribution in [0.2, 0.25) is 0 Å². The zero-order chi connectivity index (χ0) is 6.74. The highest BCUT2D eigenvalue weighted by atomic mass is 16.5. The van der Waals surface area contributed by atoms with Crippen LogP contribution in [0.1, 0.15) is 19.8 Å². The topological polar surface area (TPSA) is 33.0 Å². The number of hydrogen-bond donors (Lipinski definition) is 0. The summed E-state index contributed by atoms with van der Waals surface area (Å²) in [4.78, 5) is 0. The van der Waals surface area contributed by atoms with Crippen LogP contribution in [-0.4, -0.2) is 13.2 Å². The molecule has 0 spiro atoms. The predicted octanol–water partition coefficient (Wildman–Crippen LogP) is 1.33. The Balaban J connectivity index is 2.59. The molecule has 50 valence electrons. The molecule has 0 unspecified atom stereocenters. The molecule has 1 saturated heterocycles. The number of nitriles is 1. The van der Waals surface area contributed by atoms with Gasteiger partial charge in [0.25, 0.3) is 0 Å². The van der Waals surface area contributed by atoms with E-state index in [4.69, 9.17) is 10.00 Å². The maximum atomic E-state index is 8.69. The molecule has 2 heteroatoms. The van der Waals surface area contributed by atoms with Gasteiger partial charge in [0.2, 0.25) is 0 Å². The van der Waals surface area contributed by atoms with E-state index < -0.39 is 0 Å². The third kappa shape index (κ3) is 1.06. The Morgan fingerprint density at radius 3 is 2.78 bits per heavy atom. The van der Waals surface area contributed by atoms with Crippen LogP contribution >= 0.6 is 0 Å². The van der Waals surface area contributed by atoms with Gasteiger partial charge in [0.05, 0.1) is 18.1 Å². The minimum Gasteiger partial charge on any atom is -0.380 e. The van der Waals surface area contributed by atoms with Crippen molar-refractivity contribution in [2.24, 2.45) is 5.41 Å². The lowest BCUT2D eigenvalue weighted by atomic mass is 9.87. The molecule has 0 bridgehead atoms. The van der Waals surface area contributed by atoms with Crippen LogP contribution < -0.4 is 0 Å². The minimum atomic E-state index is -0.139. The van der Waals surface area contributed by atoms with Gasteiger partial charge in [0.15, 0.2) is 0 Å². The van der Waals surface area contributed by atoms with Gasteiger partial charge in [-0.25, -0.2) is 0 Å². The second-order valence-corrected chi connectivity index (χ2v) is 2.55. The van der Waals surface area contributed by atoms with E-state index in [0.29, 0.717) is 6.61 Å². The molecule has 0 aromatic heterocycles. The Morgan fingerprint density at radius 2 is 2.56 bits per heavy atom. The van der Waals surface area contributed by atoms with E-state index in [-0.39, 0.29) is 5.41 Å². The molecular formula is C7H11NO. The molecule has 1 aliphatic heterocycles. The molecule has 0 aromatic carbocycles. The summed E-state index contributed by atoms with van der Waals surface area (Å²) in [7, 11) is 0. The molecule has 1 rings (SSSR count). The van der Waals surface area contributed by atoms with E-state index in [1.165, 1.54) is 0 Å². The molecule has 0 amide bonds. The Hall–Kier alpha value is -0.550. The van der Waals surface area contributed by atoms with Gasteiger partial charge in [-0.2, -0.15) is 5.26 Å². The summed E-state index contributed by atoms with van der Waals surface area (Å²) in [5.41, 5.74) is -0.139. The summed E-state index contributed by atoms with van der Waals surface area (Å²) in [6.45, 7) is 3.44. The highest BCUT2D eigenvalue weighted by Crippen LogP contribution is 2.30. The van der Waals surface area contributed by atoms with Crippen LogP contribution in [0.3, 0.4) is 0 Å². The molecule has 0 aliphatic carbocycles. The van der Waals surface area contributed by atoms with Gasteiger partial charge in [0, 0.05) is 6.61 Å². The van der Waals surface area contributed by atoms with E-state index >= 15 is 0 Å². The summed E-state index contributed by atoms with van der Waals surface area (Å²) in [5.74, 6) is 0. The molecule has 0 aromatic rings. The normalized spacial score (nSPS) is 34.2. The van der Waals surface area contributed by atoms with Crippen molar-refractivity contribution in [2.45, 2.75) is 19.8 Å². The molecule has 2 nitrogen and oxygen atoms in total. The van der Waals surface area contributed by atoms with E-state index in [1.807, 2.05) is 6.92 Å². The molecule has 0 radical (unpaired) electrons. The number of ether oxygens (including phenoxy) is 1. The van der Waals surface area contributed by atoms with Crippen molar-refractivity contribution in [2.75, 3.05) is 13.2 Å². The predicted molar refractivity (Wildman–Crippen MR) is 33.8 cm³/mol. The van der Waals surface area contributed by atoms with Crippen LogP contribution in [-0.2, 0) is 4.74 Å². The molecule has 1 aliphatic rings. The largest absolute Gasteiger partial charge is 0.380 e. The number of nitrogens with zero attached hydrogens (tertiary/aromatic N) is 1. The van der Waals surface area contributed by atoms with Crippen LogP contribution in [0.5, 0.6) is 0 Å². The molecule has 1 fully saturated rings. The van der Waals surface area contributed by atoms with Crippen LogP contribution in [0, 0.1) is 16.7 Å². The third-order valence-electron chi connectivity index (χ3n) is 2.02. The Morgan fingerprint density at radius 1 is 1.78 bits per heavy atom. The fraction of sp³-hybridized carbons (Fsp3) is 0.857. The lowest BCUT2D eigenvalue weighted by molar-refractivity contribution is 0.170. The quantitative estimate of drug-likeness (QED) is 0.529. The lowest BCUT2D eigenvalue weighted by Crippen LogP contribution is -2.16. The van der Waals surface area contributed by atoms with Crippen molar-refractivity contribution in [1.82, 2.24) is 0 Å². The zero-order valence-electron chi connectivity index (χ0n) is 5.68. The second-order valence-electron chi connectivity index (χ2n) is 2.55. The highest BCUT2D eigenvalue weighted by molar-refractivity contribution is 5.00. The lowest BCUT2D eigenvalue weighted by Gasteiger charge is -2.13. The van der Waals surface area contributed by atoms with E-state index in [1.54, 1.807) is 0 Å². The fourth-order valence-electron chi connectivity index (χ4n) is 1.05.